The number of amides is 2. The molecule has 4 N–H and O–H groups in total. The summed E-state index contributed by atoms with van der Waals surface area (Å²) in [7, 11) is 0. The number of carbonyl (C=O) groups is 2. The molecule has 210 valence electrons. The third-order valence-electron chi connectivity index (χ3n) is 7.51. The normalized spacial score (nSPS) is 14.8. The summed E-state index contributed by atoms with van der Waals surface area (Å²) in [6.45, 7) is 8.31. The number of fused-ring (bicyclic) bond motifs is 1. The molecule has 0 saturated carbocycles. The van der Waals surface area contributed by atoms with Crippen molar-refractivity contribution in [2.75, 3.05) is 25.0 Å². The van der Waals surface area contributed by atoms with E-state index in [9.17, 15) is 9.59 Å². The lowest BCUT2D eigenvalue weighted by Gasteiger charge is -2.15. The van der Waals surface area contributed by atoms with Crippen LogP contribution in [0.15, 0.2) is 48.5 Å². The highest BCUT2D eigenvalue weighted by atomic mass is 16.5. The van der Waals surface area contributed by atoms with E-state index in [0.29, 0.717) is 36.4 Å². The van der Waals surface area contributed by atoms with E-state index in [1.165, 1.54) is 5.56 Å². The number of nitrogens with one attached hydrogen (secondary N) is 4. The van der Waals surface area contributed by atoms with Crippen LogP contribution >= 0.6 is 0 Å². The lowest BCUT2D eigenvalue weighted by molar-refractivity contribution is -0.129. The number of rotatable bonds is 10. The summed E-state index contributed by atoms with van der Waals surface area (Å²) in [4.78, 5) is 36.0. The van der Waals surface area contributed by atoms with Gasteiger partial charge in [-0.05, 0) is 42.7 Å². The molecule has 40 heavy (non-hydrogen) atoms. The fraction of sp³-hybridized carbons (Fsp3) is 0.400. The van der Waals surface area contributed by atoms with Gasteiger partial charge in [0.25, 0.3) is 5.91 Å². The maximum absolute atomic E-state index is 12.3. The van der Waals surface area contributed by atoms with E-state index in [2.05, 4.69) is 59.6 Å². The molecule has 0 bridgehead atoms. The van der Waals surface area contributed by atoms with Crippen molar-refractivity contribution in [1.29, 1.82) is 0 Å². The molecule has 0 unspecified atom stereocenters. The highest BCUT2D eigenvalue weighted by Gasteiger charge is 2.27. The lowest BCUT2D eigenvalue weighted by atomic mass is 10.0. The molecule has 10 heteroatoms. The molecule has 0 aliphatic carbocycles. The Kier molecular flexibility index (Phi) is 8.57. The molecule has 3 heterocycles. The summed E-state index contributed by atoms with van der Waals surface area (Å²) in [6.07, 6.45) is 1.76. The van der Waals surface area contributed by atoms with Gasteiger partial charge in [0.15, 0.2) is 12.4 Å². The predicted octanol–water partition coefficient (Wildman–Crippen LogP) is 3.62. The first kappa shape index (κ1) is 27.5. The number of nitrogens with zero attached hydrogens (tertiary/aromatic N) is 3. The molecule has 1 aromatic heterocycles. The summed E-state index contributed by atoms with van der Waals surface area (Å²) < 4.78 is 5.80. The van der Waals surface area contributed by atoms with E-state index in [-0.39, 0.29) is 24.5 Å². The largest absolute Gasteiger partial charge is 0.484 e. The van der Waals surface area contributed by atoms with Gasteiger partial charge in [-0.2, -0.15) is 0 Å². The van der Waals surface area contributed by atoms with Gasteiger partial charge in [0.2, 0.25) is 5.91 Å². The van der Waals surface area contributed by atoms with Crippen LogP contribution in [0.3, 0.4) is 0 Å². The van der Waals surface area contributed by atoms with Crippen molar-refractivity contribution in [3.8, 4) is 17.1 Å². The molecule has 0 spiro atoms. The van der Waals surface area contributed by atoms with Crippen LogP contribution in [0.5, 0.6) is 5.75 Å². The smallest absolute Gasteiger partial charge is 0.258 e. The number of hydrogen-bond acceptors (Lipinski definition) is 8. The zero-order chi connectivity index (χ0) is 28.1. The van der Waals surface area contributed by atoms with E-state index in [4.69, 9.17) is 14.7 Å². The number of benzene rings is 2. The average molecular weight is 544 g/mol. The quantitative estimate of drug-likeness (QED) is 0.306. The van der Waals surface area contributed by atoms with Gasteiger partial charge < -0.3 is 20.3 Å². The van der Waals surface area contributed by atoms with Gasteiger partial charge in [-0.25, -0.2) is 9.97 Å². The molecule has 1 saturated heterocycles. The summed E-state index contributed by atoms with van der Waals surface area (Å²) in [5.41, 5.74) is 11.0. The summed E-state index contributed by atoms with van der Waals surface area (Å²) in [6, 6.07) is 16.0. The predicted molar refractivity (Wildman–Crippen MR) is 154 cm³/mol. The molecule has 10 nitrogen and oxygen atoms in total. The van der Waals surface area contributed by atoms with E-state index in [0.717, 1.165) is 48.4 Å². The second-order valence-electron chi connectivity index (χ2n) is 10.3. The fourth-order valence-electron chi connectivity index (χ4n) is 5.02. The molecule has 0 atom stereocenters. The summed E-state index contributed by atoms with van der Waals surface area (Å²) >= 11 is 0. The Bertz CT molecular complexity index is 1350. The van der Waals surface area contributed by atoms with E-state index in [1.807, 2.05) is 24.3 Å². The zero-order valence-electron chi connectivity index (χ0n) is 23.3. The van der Waals surface area contributed by atoms with Gasteiger partial charge in [0, 0.05) is 48.8 Å². The number of aromatic nitrogens is 2. The first-order valence-electron chi connectivity index (χ1n) is 13.9. The number of hydrogen-bond donors (Lipinski definition) is 4. The number of ether oxygens (including phenoxy) is 1. The Hall–Kier alpha value is -4.02. The summed E-state index contributed by atoms with van der Waals surface area (Å²) in [5, 5.41) is 6.46. The van der Waals surface area contributed by atoms with Crippen molar-refractivity contribution in [2.45, 2.75) is 58.7 Å². The van der Waals surface area contributed by atoms with Gasteiger partial charge in [0.05, 0.1) is 18.8 Å². The Balaban J connectivity index is 1.37. The third kappa shape index (κ3) is 6.40. The number of hydrazine groups is 1. The molecule has 2 aromatic carbocycles. The minimum atomic E-state index is -0.143. The minimum Gasteiger partial charge on any atom is -0.484 e. The van der Waals surface area contributed by atoms with Gasteiger partial charge >= 0.3 is 0 Å². The van der Waals surface area contributed by atoms with Crippen molar-refractivity contribution >= 4 is 23.3 Å². The van der Waals surface area contributed by atoms with Crippen molar-refractivity contribution in [2.24, 2.45) is 0 Å². The molecule has 3 aromatic rings. The molecule has 2 aliphatic heterocycles. The molecule has 1 fully saturated rings. The Morgan fingerprint density at radius 2 is 1.80 bits per heavy atom. The third-order valence-corrected chi connectivity index (χ3v) is 7.51. The minimum absolute atomic E-state index is 0.00399. The van der Waals surface area contributed by atoms with Gasteiger partial charge in [-0.15, -0.1) is 0 Å². The van der Waals surface area contributed by atoms with Crippen molar-refractivity contribution in [3.05, 3.63) is 65.4 Å². The maximum atomic E-state index is 12.3. The highest BCUT2D eigenvalue weighted by molar-refractivity contribution is 5.78. The average Bonchev–Trinajstić information content (AvgIpc) is 3.66. The zero-order valence-corrected chi connectivity index (χ0v) is 23.3. The lowest BCUT2D eigenvalue weighted by Crippen LogP contribution is -2.37. The van der Waals surface area contributed by atoms with Crippen LogP contribution in [0.1, 0.15) is 56.4 Å². The second-order valence-corrected chi connectivity index (χ2v) is 10.3. The molecule has 2 amide bonds. The van der Waals surface area contributed by atoms with Crippen molar-refractivity contribution in [1.82, 2.24) is 31.0 Å². The molecule has 5 rings (SSSR count). The first-order chi connectivity index (χ1) is 19.4. The van der Waals surface area contributed by atoms with Crippen LogP contribution in [0, 0.1) is 0 Å². The number of carbonyl (C=O) groups excluding carboxylic acids is 2. The first-order valence-corrected chi connectivity index (χ1v) is 13.9. The number of anilines is 2. The Labute approximate surface area is 234 Å². The Morgan fingerprint density at radius 1 is 1.05 bits per heavy atom. The van der Waals surface area contributed by atoms with Crippen LogP contribution < -0.4 is 26.2 Å². The SMILES string of the molecule is CCC(CC)NC(=O)COc1cccc(-c2nc3c(c(Nc4ccc(C5CNNC5)cc4)n2)CN(C(C)=O)C3)c1. The molecule has 2 aliphatic rings. The monoisotopic (exact) mass is 543 g/mol. The van der Waals surface area contributed by atoms with Crippen molar-refractivity contribution < 1.29 is 14.3 Å². The van der Waals surface area contributed by atoms with Crippen LogP contribution in [-0.2, 0) is 22.7 Å². The Morgan fingerprint density at radius 3 is 2.50 bits per heavy atom. The van der Waals surface area contributed by atoms with Crippen LogP contribution in [0.25, 0.3) is 11.4 Å². The van der Waals surface area contributed by atoms with Gasteiger partial charge in [-0.1, -0.05) is 38.1 Å². The highest BCUT2D eigenvalue weighted by Crippen LogP contribution is 2.32. The topological polar surface area (TPSA) is 121 Å². The summed E-state index contributed by atoms with van der Waals surface area (Å²) in [5.74, 6) is 2.06. The van der Waals surface area contributed by atoms with Gasteiger partial charge in [-0.3, -0.25) is 20.4 Å². The standard InChI is InChI=1S/C30H37N7O3/c1-4-23(5-2)33-28(39)18-40-25-8-6-7-21(13-25)29-35-27-17-37(19(3)38)16-26(27)30(36-29)34-24-11-9-20(10-12-24)22-14-31-32-15-22/h6-13,22-23,31-32H,4-5,14-18H2,1-3H3,(H,33,39)(H,34,35,36). The molecular weight excluding hydrogens is 506 g/mol. The van der Waals surface area contributed by atoms with E-state index in [1.54, 1.807) is 11.8 Å². The fourth-order valence-corrected chi connectivity index (χ4v) is 5.02. The molecular formula is C30H37N7O3. The maximum Gasteiger partial charge on any atom is 0.258 e. The molecule has 0 radical (unpaired) electrons. The second kappa shape index (κ2) is 12.4. The van der Waals surface area contributed by atoms with E-state index >= 15 is 0 Å². The van der Waals surface area contributed by atoms with Gasteiger partial charge in [0.1, 0.15) is 11.6 Å². The van der Waals surface area contributed by atoms with Crippen LogP contribution in [0.2, 0.25) is 0 Å². The van der Waals surface area contributed by atoms with Crippen molar-refractivity contribution in [3.63, 3.8) is 0 Å². The van der Waals surface area contributed by atoms with Crippen LogP contribution in [-0.4, -0.2) is 52.4 Å². The van der Waals surface area contributed by atoms with Crippen LogP contribution in [0.4, 0.5) is 11.5 Å². The van der Waals surface area contributed by atoms with E-state index < -0.39 is 0 Å².